The van der Waals surface area contributed by atoms with Crippen LogP contribution in [0.15, 0.2) is 78.9 Å². The summed E-state index contributed by atoms with van der Waals surface area (Å²) in [6, 6.07) is 22.6. The third-order valence-electron chi connectivity index (χ3n) is 5.83. The topological polar surface area (TPSA) is 47.4 Å². The van der Waals surface area contributed by atoms with Gasteiger partial charge >= 0.3 is 0 Å². The van der Waals surface area contributed by atoms with Crippen LogP contribution in [0.1, 0.15) is 34.5 Å². The van der Waals surface area contributed by atoms with Crippen molar-refractivity contribution in [1.29, 1.82) is 0 Å². The van der Waals surface area contributed by atoms with Gasteiger partial charge in [-0.05, 0) is 80.4 Å². The van der Waals surface area contributed by atoms with E-state index in [-0.39, 0.29) is 17.8 Å². The predicted molar refractivity (Wildman–Crippen MR) is 129 cm³/mol. The van der Waals surface area contributed by atoms with Crippen LogP contribution in [-0.4, -0.2) is 26.6 Å². The van der Waals surface area contributed by atoms with Crippen LogP contribution in [0.5, 0.6) is 11.6 Å². The van der Waals surface area contributed by atoms with E-state index in [2.05, 4.69) is 0 Å². The number of nitrogens with zero attached hydrogens (tertiary/aromatic N) is 3. The van der Waals surface area contributed by atoms with Crippen molar-refractivity contribution < 1.29 is 13.9 Å². The highest BCUT2D eigenvalue weighted by atomic mass is 35.5. The zero-order valence-electron chi connectivity index (χ0n) is 18.6. The Kier molecular flexibility index (Phi) is 6.07. The Bertz CT molecular complexity index is 1300. The van der Waals surface area contributed by atoms with Crippen molar-refractivity contribution in [2.45, 2.75) is 32.4 Å². The molecule has 5 nitrogen and oxygen atoms in total. The van der Waals surface area contributed by atoms with E-state index in [4.69, 9.17) is 21.4 Å². The SMILES string of the molecule is Cc1nn(-c2ccc(Cl)cc2)c(Oc2ccccc2)c1CN(C(=O)c1ccc(F)cc1)C1CC1. The number of amides is 1. The molecule has 1 saturated carbocycles. The Morgan fingerprint density at radius 1 is 1.06 bits per heavy atom. The zero-order valence-corrected chi connectivity index (χ0v) is 19.4. The number of rotatable bonds is 7. The Morgan fingerprint density at radius 3 is 2.38 bits per heavy atom. The molecule has 0 spiro atoms. The first-order chi connectivity index (χ1) is 16.5. The van der Waals surface area contributed by atoms with E-state index in [0.29, 0.717) is 28.8 Å². The standard InChI is InChI=1S/C27H23ClFN3O2/c1-18-25(17-31(22-15-16-22)26(33)19-7-11-21(29)12-8-19)27(34-24-5-3-2-4-6-24)32(30-18)23-13-9-20(28)10-14-23/h2-14,22H,15-17H2,1H3. The number of ether oxygens (including phenoxy) is 1. The van der Waals surface area contributed by atoms with Gasteiger partial charge in [-0.1, -0.05) is 29.8 Å². The molecule has 1 heterocycles. The number of benzene rings is 3. The second kappa shape index (κ2) is 9.31. The Hall–Kier alpha value is -3.64. The highest BCUT2D eigenvalue weighted by Gasteiger charge is 2.35. The summed E-state index contributed by atoms with van der Waals surface area (Å²) in [5.74, 6) is 0.713. The van der Waals surface area contributed by atoms with Gasteiger partial charge < -0.3 is 9.64 Å². The molecule has 0 atom stereocenters. The molecular formula is C27H23ClFN3O2. The molecule has 7 heteroatoms. The number of carbonyl (C=O) groups excluding carboxylic acids is 1. The lowest BCUT2D eigenvalue weighted by Crippen LogP contribution is -2.32. The number of hydrogen-bond acceptors (Lipinski definition) is 3. The van der Waals surface area contributed by atoms with Crippen LogP contribution in [0.25, 0.3) is 5.69 Å². The molecule has 5 rings (SSSR count). The average molecular weight is 476 g/mol. The summed E-state index contributed by atoms with van der Waals surface area (Å²) in [6.45, 7) is 2.25. The van der Waals surface area contributed by atoms with E-state index in [1.54, 1.807) is 16.8 Å². The van der Waals surface area contributed by atoms with Gasteiger partial charge in [0.15, 0.2) is 0 Å². The minimum absolute atomic E-state index is 0.133. The van der Waals surface area contributed by atoms with Crippen molar-refractivity contribution >= 4 is 17.5 Å². The molecule has 1 amide bonds. The molecule has 0 unspecified atom stereocenters. The van der Waals surface area contributed by atoms with Gasteiger partial charge in [-0.25, -0.2) is 9.07 Å². The minimum Gasteiger partial charge on any atom is -0.439 e. The molecule has 0 saturated heterocycles. The van der Waals surface area contributed by atoms with E-state index >= 15 is 0 Å². The minimum atomic E-state index is -0.367. The molecular weight excluding hydrogens is 453 g/mol. The van der Waals surface area contributed by atoms with Crippen LogP contribution in [0.2, 0.25) is 5.02 Å². The van der Waals surface area contributed by atoms with E-state index < -0.39 is 0 Å². The fourth-order valence-electron chi connectivity index (χ4n) is 3.86. The van der Waals surface area contributed by atoms with Crippen molar-refractivity contribution in [3.63, 3.8) is 0 Å². The molecule has 4 aromatic rings. The van der Waals surface area contributed by atoms with Gasteiger partial charge in [0.2, 0.25) is 5.88 Å². The van der Waals surface area contributed by atoms with E-state index in [9.17, 15) is 9.18 Å². The monoisotopic (exact) mass is 475 g/mol. The lowest BCUT2D eigenvalue weighted by atomic mass is 10.1. The molecule has 0 bridgehead atoms. The van der Waals surface area contributed by atoms with Crippen LogP contribution >= 0.6 is 11.6 Å². The van der Waals surface area contributed by atoms with Crippen LogP contribution in [-0.2, 0) is 6.54 Å². The van der Waals surface area contributed by atoms with Gasteiger partial charge in [-0.3, -0.25) is 4.79 Å². The normalized spacial score (nSPS) is 13.0. The van der Waals surface area contributed by atoms with Gasteiger partial charge in [0.1, 0.15) is 11.6 Å². The second-order valence-electron chi connectivity index (χ2n) is 8.34. The lowest BCUT2D eigenvalue weighted by molar-refractivity contribution is 0.0728. The summed E-state index contributed by atoms with van der Waals surface area (Å²) in [4.78, 5) is 15.2. The van der Waals surface area contributed by atoms with E-state index in [0.717, 1.165) is 29.8 Å². The van der Waals surface area contributed by atoms with Gasteiger partial charge in [0, 0.05) is 16.6 Å². The van der Waals surface area contributed by atoms with Crippen LogP contribution in [0, 0.1) is 12.7 Å². The first-order valence-electron chi connectivity index (χ1n) is 11.1. The van der Waals surface area contributed by atoms with Crippen molar-refractivity contribution in [2.24, 2.45) is 0 Å². The summed E-state index contributed by atoms with van der Waals surface area (Å²) in [6.07, 6.45) is 1.87. The molecule has 0 N–H and O–H groups in total. The largest absolute Gasteiger partial charge is 0.439 e. The average Bonchev–Trinajstić information content (AvgIpc) is 3.64. The third-order valence-corrected chi connectivity index (χ3v) is 6.09. The smallest absolute Gasteiger partial charge is 0.254 e. The molecule has 1 aliphatic rings. The Balaban J connectivity index is 1.54. The van der Waals surface area contributed by atoms with Crippen molar-refractivity contribution in [1.82, 2.24) is 14.7 Å². The Labute approximate surface area is 202 Å². The van der Waals surface area contributed by atoms with Crippen molar-refractivity contribution in [3.8, 4) is 17.3 Å². The molecule has 0 aliphatic heterocycles. The number of aromatic nitrogens is 2. The molecule has 1 fully saturated rings. The molecule has 0 radical (unpaired) electrons. The highest BCUT2D eigenvalue weighted by Crippen LogP contribution is 2.36. The maximum Gasteiger partial charge on any atom is 0.254 e. The van der Waals surface area contributed by atoms with E-state index in [1.165, 1.54) is 24.3 Å². The van der Waals surface area contributed by atoms with Crippen molar-refractivity contribution in [2.75, 3.05) is 0 Å². The van der Waals surface area contributed by atoms with Crippen LogP contribution in [0.3, 0.4) is 0 Å². The molecule has 172 valence electrons. The molecule has 1 aliphatic carbocycles. The van der Waals surface area contributed by atoms with Crippen LogP contribution in [0.4, 0.5) is 4.39 Å². The summed E-state index contributed by atoms with van der Waals surface area (Å²) in [5.41, 5.74) is 2.84. The molecule has 1 aromatic heterocycles. The zero-order chi connectivity index (χ0) is 23.7. The van der Waals surface area contributed by atoms with Crippen LogP contribution < -0.4 is 4.74 Å². The number of halogens is 2. The predicted octanol–water partition coefficient (Wildman–Crippen LogP) is 6.57. The molecule has 3 aromatic carbocycles. The summed E-state index contributed by atoms with van der Waals surface area (Å²) < 4.78 is 21.5. The van der Waals surface area contributed by atoms with Gasteiger partial charge in [-0.15, -0.1) is 0 Å². The van der Waals surface area contributed by atoms with Gasteiger partial charge in [0.05, 0.1) is 23.5 Å². The maximum absolute atomic E-state index is 13.4. The second-order valence-corrected chi connectivity index (χ2v) is 8.78. The van der Waals surface area contributed by atoms with Crippen molar-refractivity contribution in [3.05, 3.63) is 107 Å². The first kappa shape index (κ1) is 22.2. The lowest BCUT2D eigenvalue weighted by Gasteiger charge is -2.23. The number of carbonyl (C=O) groups is 1. The summed E-state index contributed by atoms with van der Waals surface area (Å²) >= 11 is 6.09. The van der Waals surface area contributed by atoms with E-state index in [1.807, 2.05) is 54.3 Å². The fourth-order valence-corrected chi connectivity index (χ4v) is 3.99. The summed E-state index contributed by atoms with van der Waals surface area (Å²) in [5, 5.41) is 5.37. The maximum atomic E-state index is 13.4. The highest BCUT2D eigenvalue weighted by molar-refractivity contribution is 6.30. The Morgan fingerprint density at radius 2 is 1.74 bits per heavy atom. The number of hydrogen-bond donors (Lipinski definition) is 0. The van der Waals surface area contributed by atoms with Gasteiger partial charge in [-0.2, -0.15) is 5.10 Å². The number of para-hydroxylation sites is 1. The quantitative estimate of drug-likeness (QED) is 0.303. The first-order valence-corrected chi connectivity index (χ1v) is 11.5. The third kappa shape index (κ3) is 4.68. The van der Waals surface area contributed by atoms with Gasteiger partial charge in [0.25, 0.3) is 5.91 Å². The summed E-state index contributed by atoms with van der Waals surface area (Å²) in [7, 11) is 0. The molecule has 34 heavy (non-hydrogen) atoms. The fraction of sp³-hybridized carbons (Fsp3) is 0.185. The number of aryl methyl sites for hydroxylation is 1.